The van der Waals surface area contributed by atoms with E-state index in [2.05, 4.69) is 52.7 Å². The van der Waals surface area contributed by atoms with Crippen molar-refractivity contribution < 1.29 is 31.2 Å². The van der Waals surface area contributed by atoms with Crippen molar-refractivity contribution in [2.45, 2.75) is 20.0 Å². The second kappa shape index (κ2) is 9.33. The van der Waals surface area contributed by atoms with Gasteiger partial charge in [-0.1, -0.05) is 30.3 Å². The average molecular weight is 389 g/mol. The predicted octanol–water partition coefficient (Wildman–Crippen LogP) is 0.210. The first-order valence-electron chi connectivity index (χ1n) is 8.54. The van der Waals surface area contributed by atoms with Crippen LogP contribution in [0.2, 0.25) is 0 Å². The van der Waals surface area contributed by atoms with Crippen molar-refractivity contribution in [3.8, 4) is 17.2 Å². The van der Waals surface area contributed by atoms with Gasteiger partial charge in [0.2, 0.25) is 5.75 Å². The number of hydrogen-bond donors (Lipinski definition) is 0. The van der Waals surface area contributed by atoms with E-state index in [4.69, 9.17) is 14.2 Å². The van der Waals surface area contributed by atoms with Crippen molar-refractivity contribution >= 4 is 0 Å². The second-order valence-corrected chi connectivity index (χ2v) is 6.12. The van der Waals surface area contributed by atoms with E-state index in [1.807, 2.05) is 18.2 Å². The number of aromatic nitrogens is 2. The fraction of sp³-hybridized carbons (Fsp3) is 0.286. The third kappa shape index (κ3) is 4.55. The maximum absolute atomic E-state index is 5.45. The van der Waals surface area contributed by atoms with Gasteiger partial charge in [0.05, 0.1) is 21.3 Å². The molecule has 0 spiro atoms. The van der Waals surface area contributed by atoms with Crippen LogP contribution in [0.5, 0.6) is 17.2 Å². The minimum atomic E-state index is 0. The molecule has 0 atom stereocenters. The summed E-state index contributed by atoms with van der Waals surface area (Å²) in [6.07, 6.45) is 4.21. The molecule has 144 valence electrons. The summed E-state index contributed by atoms with van der Waals surface area (Å²) in [7, 11) is 4.88. The Labute approximate surface area is 166 Å². The molecular weight excluding hydrogens is 364 g/mol. The van der Waals surface area contributed by atoms with Crippen LogP contribution in [0, 0.1) is 6.92 Å². The number of nitrogens with zero attached hydrogens (tertiary/aromatic N) is 2. The maximum atomic E-state index is 5.45. The average Bonchev–Trinajstić information content (AvgIpc) is 3.01. The lowest BCUT2D eigenvalue weighted by Crippen LogP contribution is -3.00. The molecule has 0 radical (unpaired) electrons. The Kier molecular flexibility index (Phi) is 7.13. The van der Waals surface area contributed by atoms with Crippen LogP contribution in [0.15, 0.2) is 54.9 Å². The van der Waals surface area contributed by atoms with Crippen molar-refractivity contribution in [1.29, 1.82) is 0 Å². The molecular formula is C21H25ClN2O3. The van der Waals surface area contributed by atoms with Gasteiger partial charge in [-0.05, 0) is 17.7 Å². The van der Waals surface area contributed by atoms with E-state index in [0.717, 1.165) is 18.7 Å². The molecule has 0 aliphatic heterocycles. The van der Waals surface area contributed by atoms with Crippen LogP contribution in [0.4, 0.5) is 0 Å². The van der Waals surface area contributed by atoms with Gasteiger partial charge in [0.25, 0.3) is 5.82 Å². The van der Waals surface area contributed by atoms with Gasteiger partial charge in [0.1, 0.15) is 25.5 Å². The number of halogens is 1. The van der Waals surface area contributed by atoms with E-state index in [-0.39, 0.29) is 12.4 Å². The van der Waals surface area contributed by atoms with E-state index in [1.165, 1.54) is 11.4 Å². The molecule has 3 aromatic rings. The Hall–Kier alpha value is -2.66. The molecule has 6 heteroatoms. The minimum absolute atomic E-state index is 0. The molecule has 0 aliphatic rings. The summed E-state index contributed by atoms with van der Waals surface area (Å²) in [5.41, 5.74) is 2.37. The normalized spacial score (nSPS) is 10.2. The Morgan fingerprint density at radius 3 is 2.07 bits per heavy atom. The van der Waals surface area contributed by atoms with Crippen molar-refractivity contribution in [3.05, 3.63) is 71.8 Å². The Bertz CT molecular complexity index is 853. The quantitative estimate of drug-likeness (QED) is 0.543. The maximum Gasteiger partial charge on any atom is 0.253 e. The van der Waals surface area contributed by atoms with E-state index in [1.54, 1.807) is 21.3 Å². The molecule has 0 amide bonds. The molecule has 5 nitrogen and oxygen atoms in total. The fourth-order valence-electron chi connectivity index (χ4n) is 3.08. The largest absolute Gasteiger partial charge is 1.00 e. The van der Waals surface area contributed by atoms with E-state index < -0.39 is 0 Å². The first-order valence-corrected chi connectivity index (χ1v) is 8.54. The summed E-state index contributed by atoms with van der Waals surface area (Å²) in [6.45, 7) is 3.71. The van der Waals surface area contributed by atoms with Gasteiger partial charge < -0.3 is 26.6 Å². The standard InChI is InChI=1S/C21H25N2O3.ClH/c1-16-22(14-17-8-6-5-7-9-17)10-11-23(16)15-18-12-19(24-2)21(26-4)20(13-18)25-3;/h5-13H,14-15H2,1-4H3;1H/q+1;/p-1. The van der Waals surface area contributed by atoms with Crippen LogP contribution in [0.3, 0.4) is 0 Å². The zero-order chi connectivity index (χ0) is 18.5. The molecule has 0 fully saturated rings. The molecule has 2 aromatic carbocycles. The lowest BCUT2D eigenvalue weighted by atomic mass is 10.1. The van der Waals surface area contributed by atoms with Crippen molar-refractivity contribution in [3.63, 3.8) is 0 Å². The van der Waals surface area contributed by atoms with Crippen molar-refractivity contribution in [2.24, 2.45) is 0 Å². The van der Waals surface area contributed by atoms with Crippen LogP contribution in [0.1, 0.15) is 17.0 Å². The van der Waals surface area contributed by atoms with Gasteiger partial charge in [-0.2, -0.15) is 0 Å². The van der Waals surface area contributed by atoms with Crippen molar-refractivity contribution in [2.75, 3.05) is 21.3 Å². The number of benzene rings is 2. The predicted molar refractivity (Wildman–Crippen MR) is 100 cm³/mol. The SMILES string of the molecule is COc1cc(C[n+]2ccn(Cc3ccccc3)c2C)cc(OC)c1OC.[Cl-]. The highest BCUT2D eigenvalue weighted by Gasteiger charge is 2.17. The third-order valence-electron chi connectivity index (χ3n) is 4.53. The third-order valence-corrected chi connectivity index (χ3v) is 4.53. The highest BCUT2D eigenvalue weighted by Crippen LogP contribution is 2.38. The smallest absolute Gasteiger partial charge is 0.253 e. The number of ether oxygens (including phenoxy) is 3. The molecule has 0 unspecified atom stereocenters. The van der Waals surface area contributed by atoms with E-state index in [0.29, 0.717) is 17.2 Å². The van der Waals surface area contributed by atoms with E-state index in [9.17, 15) is 0 Å². The molecule has 1 heterocycles. The topological polar surface area (TPSA) is 36.5 Å². The molecule has 0 saturated heterocycles. The zero-order valence-corrected chi connectivity index (χ0v) is 16.9. The van der Waals surface area contributed by atoms with Gasteiger partial charge in [0.15, 0.2) is 11.5 Å². The highest BCUT2D eigenvalue weighted by molar-refractivity contribution is 5.53. The number of imidazole rings is 1. The summed E-state index contributed by atoms with van der Waals surface area (Å²) in [5, 5.41) is 0. The molecule has 0 aliphatic carbocycles. The van der Waals surface area contributed by atoms with Gasteiger partial charge in [-0.25, -0.2) is 9.13 Å². The van der Waals surface area contributed by atoms with Crippen LogP contribution in [-0.4, -0.2) is 25.9 Å². The van der Waals surface area contributed by atoms with Crippen molar-refractivity contribution in [1.82, 2.24) is 4.57 Å². The summed E-state index contributed by atoms with van der Waals surface area (Å²) < 4.78 is 20.8. The first-order chi connectivity index (χ1) is 12.7. The van der Waals surface area contributed by atoms with Gasteiger partial charge >= 0.3 is 0 Å². The summed E-state index contributed by atoms with van der Waals surface area (Å²) in [5.74, 6) is 3.14. The zero-order valence-electron chi connectivity index (χ0n) is 16.1. The number of rotatable bonds is 7. The summed E-state index contributed by atoms with van der Waals surface area (Å²) in [6, 6.07) is 14.4. The van der Waals surface area contributed by atoms with Crippen LogP contribution >= 0.6 is 0 Å². The van der Waals surface area contributed by atoms with Crippen LogP contribution in [0.25, 0.3) is 0 Å². The minimum Gasteiger partial charge on any atom is -1.00 e. The molecule has 0 N–H and O–H groups in total. The molecule has 0 bridgehead atoms. The Morgan fingerprint density at radius 2 is 1.52 bits per heavy atom. The first kappa shape index (κ1) is 20.6. The lowest BCUT2D eigenvalue weighted by Gasteiger charge is -2.13. The Morgan fingerprint density at radius 1 is 0.889 bits per heavy atom. The summed E-state index contributed by atoms with van der Waals surface area (Å²) >= 11 is 0. The van der Waals surface area contributed by atoms with Gasteiger partial charge in [-0.15, -0.1) is 0 Å². The summed E-state index contributed by atoms with van der Waals surface area (Å²) in [4.78, 5) is 0. The molecule has 0 saturated carbocycles. The number of hydrogen-bond acceptors (Lipinski definition) is 3. The van der Waals surface area contributed by atoms with Gasteiger partial charge in [-0.3, -0.25) is 0 Å². The monoisotopic (exact) mass is 388 g/mol. The second-order valence-electron chi connectivity index (χ2n) is 6.12. The number of methoxy groups -OCH3 is 3. The van der Waals surface area contributed by atoms with Gasteiger partial charge in [0, 0.05) is 12.5 Å². The van der Waals surface area contributed by atoms with Crippen LogP contribution in [-0.2, 0) is 13.1 Å². The molecule has 27 heavy (non-hydrogen) atoms. The highest BCUT2D eigenvalue weighted by atomic mass is 35.5. The fourth-order valence-corrected chi connectivity index (χ4v) is 3.08. The molecule has 1 aromatic heterocycles. The van der Waals surface area contributed by atoms with Crippen LogP contribution < -0.4 is 31.2 Å². The van der Waals surface area contributed by atoms with E-state index >= 15 is 0 Å². The lowest BCUT2D eigenvalue weighted by molar-refractivity contribution is -0.693. The Balaban J connectivity index is 0.00000261. The molecule has 3 rings (SSSR count).